The summed E-state index contributed by atoms with van der Waals surface area (Å²) in [5, 5.41) is 12.2. The second-order valence-corrected chi connectivity index (χ2v) is 3.68. The fourth-order valence-corrected chi connectivity index (χ4v) is 1.36. The summed E-state index contributed by atoms with van der Waals surface area (Å²) < 4.78 is 10.7. The van der Waals surface area contributed by atoms with Crippen LogP contribution in [0.3, 0.4) is 0 Å². The standard InChI is InChI=1S/C12H19NO3/c1-9(14)8-16-12-6-10(7-13-2)4-5-11(12)15-3/h4-6,9,13-14H,7-8H2,1-3H3. The molecule has 4 heteroatoms. The van der Waals surface area contributed by atoms with Gasteiger partial charge in [0.05, 0.1) is 13.2 Å². The van der Waals surface area contributed by atoms with Crippen molar-refractivity contribution in [3.63, 3.8) is 0 Å². The van der Waals surface area contributed by atoms with Crippen molar-refractivity contribution in [1.82, 2.24) is 5.32 Å². The first-order valence-corrected chi connectivity index (χ1v) is 5.29. The molecule has 0 aliphatic rings. The van der Waals surface area contributed by atoms with Gasteiger partial charge in [-0.1, -0.05) is 6.07 Å². The Hall–Kier alpha value is -1.26. The van der Waals surface area contributed by atoms with Crippen molar-refractivity contribution in [2.75, 3.05) is 20.8 Å². The molecule has 0 bridgehead atoms. The lowest BCUT2D eigenvalue weighted by Gasteiger charge is -2.13. The van der Waals surface area contributed by atoms with E-state index < -0.39 is 6.10 Å². The molecule has 0 amide bonds. The van der Waals surface area contributed by atoms with Gasteiger partial charge in [-0.15, -0.1) is 0 Å². The molecular formula is C12H19NO3. The van der Waals surface area contributed by atoms with Crippen LogP contribution in [-0.4, -0.2) is 32.0 Å². The molecule has 90 valence electrons. The Bertz CT molecular complexity index is 326. The monoisotopic (exact) mass is 225 g/mol. The average Bonchev–Trinajstić information content (AvgIpc) is 2.27. The Morgan fingerprint density at radius 2 is 2.12 bits per heavy atom. The van der Waals surface area contributed by atoms with Gasteiger partial charge in [0.25, 0.3) is 0 Å². The first kappa shape index (κ1) is 12.8. The molecule has 4 nitrogen and oxygen atoms in total. The van der Waals surface area contributed by atoms with Gasteiger partial charge in [0.1, 0.15) is 6.61 Å². The summed E-state index contributed by atoms with van der Waals surface area (Å²) >= 11 is 0. The van der Waals surface area contributed by atoms with Crippen LogP contribution in [0.4, 0.5) is 0 Å². The molecular weight excluding hydrogens is 206 g/mol. The zero-order valence-electron chi connectivity index (χ0n) is 9.99. The van der Waals surface area contributed by atoms with Crippen LogP contribution in [0.1, 0.15) is 12.5 Å². The average molecular weight is 225 g/mol. The predicted molar refractivity (Wildman–Crippen MR) is 62.9 cm³/mol. The molecule has 1 unspecified atom stereocenters. The van der Waals surface area contributed by atoms with Gasteiger partial charge in [0.15, 0.2) is 11.5 Å². The summed E-state index contributed by atoms with van der Waals surface area (Å²) in [5.74, 6) is 1.34. The highest BCUT2D eigenvalue weighted by Crippen LogP contribution is 2.28. The number of hydrogen-bond acceptors (Lipinski definition) is 4. The molecule has 0 saturated heterocycles. The van der Waals surface area contributed by atoms with Crippen LogP contribution in [0.15, 0.2) is 18.2 Å². The molecule has 2 N–H and O–H groups in total. The maximum Gasteiger partial charge on any atom is 0.161 e. The van der Waals surface area contributed by atoms with Gasteiger partial charge >= 0.3 is 0 Å². The van der Waals surface area contributed by atoms with E-state index in [4.69, 9.17) is 9.47 Å². The number of nitrogens with one attached hydrogen (secondary N) is 1. The number of aliphatic hydroxyl groups is 1. The third kappa shape index (κ3) is 3.72. The maximum absolute atomic E-state index is 9.17. The van der Waals surface area contributed by atoms with Crippen molar-refractivity contribution in [3.8, 4) is 11.5 Å². The fraction of sp³-hybridized carbons (Fsp3) is 0.500. The number of ether oxygens (including phenoxy) is 2. The minimum absolute atomic E-state index is 0.263. The second-order valence-electron chi connectivity index (χ2n) is 3.68. The minimum atomic E-state index is -0.488. The Morgan fingerprint density at radius 3 is 2.69 bits per heavy atom. The topological polar surface area (TPSA) is 50.7 Å². The van der Waals surface area contributed by atoms with E-state index in [0.29, 0.717) is 11.5 Å². The predicted octanol–water partition coefficient (Wildman–Crippen LogP) is 1.17. The summed E-state index contributed by atoms with van der Waals surface area (Å²) in [7, 11) is 3.49. The van der Waals surface area contributed by atoms with E-state index in [-0.39, 0.29) is 6.61 Å². The van der Waals surface area contributed by atoms with Gasteiger partial charge in [-0.05, 0) is 31.7 Å². The molecule has 0 heterocycles. The van der Waals surface area contributed by atoms with Gasteiger partial charge in [-0.2, -0.15) is 0 Å². The quantitative estimate of drug-likeness (QED) is 0.763. The molecule has 0 aliphatic carbocycles. The van der Waals surface area contributed by atoms with Crippen molar-refractivity contribution in [2.45, 2.75) is 19.6 Å². The zero-order chi connectivity index (χ0) is 12.0. The lowest BCUT2D eigenvalue weighted by molar-refractivity contribution is 0.120. The van der Waals surface area contributed by atoms with Crippen molar-refractivity contribution in [1.29, 1.82) is 0 Å². The highest BCUT2D eigenvalue weighted by Gasteiger charge is 2.06. The van der Waals surface area contributed by atoms with E-state index in [1.165, 1.54) is 0 Å². The van der Waals surface area contributed by atoms with Crippen LogP contribution < -0.4 is 14.8 Å². The second kappa shape index (κ2) is 6.35. The SMILES string of the molecule is CNCc1ccc(OC)c(OCC(C)O)c1. The first-order chi connectivity index (χ1) is 7.67. The third-order valence-corrected chi connectivity index (χ3v) is 2.09. The molecule has 1 rings (SSSR count). The van der Waals surface area contributed by atoms with Crippen LogP contribution in [0, 0.1) is 0 Å². The number of rotatable bonds is 6. The van der Waals surface area contributed by atoms with E-state index in [1.54, 1.807) is 14.0 Å². The molecule has 0 radical (unpaired) electrons. The highest BCUT2D eigenvalue weighted by atomic mass is 16.5. The Morgan fingerprint density at radius 1 is 1.38 bits per heavy atom. The number of benzene rings is 1. The molecule has 1 aromatic rings. The fourth-order valence-electron chi connectivity index (χ4n) is 1.36. The molecule has 1 aromatic carbocycles. The van der Waals surface area contributed by atoms with E-state index in [1.807, 2.05) is 25.2 Å². The summed E-state index contributed by atoms with van der Waals surface area (Å²) in [6, 6.07) is 5.76. The number of hydrogen-bond donors (Lipinski definition) is 2. The first-order valence-electron chi connectivity index (χ1n) is 5.29. The van der Waals surface area contributed by atoms with Gasteiger partial charge in [0.2, 0.25) is 0 Å². The smallest absolute Gasteiger partial charge is 0.161 e. The van der Waals surface area contributed by atoms with Crippen molar-refractivity contribution in [2.24, 2.45) is 0 Å². The minimum Gasteiger partial charge on any atom is -0.493 e. The third-order valence-electron chi connectivity index (χ3n) is 2.09. The summed E-state index contributed by atoms with van der Waals surface area (Å²) in [6.45, 7) is 2.72. The van der Waals surface area contributed by atoms with Crippen LogP contribution in [0.25, 0.3) is 0 Å². The van der Waals surface area contributed by atoms with Crippen LogP contribution >= 0.6 is 0 Å². The lowest BCUT2D eigenvalue weighted by Crippen LogP contribution is -2.13. The molecule has 0 aromatic heterocycles. The van der Waals surface area contributed by atoms with Gasteiger partial charge in [-0.25, -0.2) is 0 Å². The van der Waals surface area contributed by atoms with E-state index in [0.717, 1.165) is 12.1 Å². The Kier molecular flexibility index (Phi) is 5.08. The summed E-state index contributed by atoms with van der Waals surface area (Å²) in [6.07, 6.45) is -0.488. The van der Waals surface area contributed by atoms with Gasteiger partial charge in [0, 0.05) is 6.54 Å². The molecule has 0 saturated carbocycles. The molecule has 16 heavy (non-hydrogen) atoms. The molecule has 1 atom stereocenters. The number of methoxy groups -OCH3 is 1. The highest BCUT2D eigenvalue weighted by molar-refractivity contribution is 5.42. The van der Waals surface area contributed by atoms with E-state index in [2.05, 4.69) is 5.32 Å². The Balaban J connectivity index is 2.79. The zero-order valence-corrected chi connectivity index (χ0v) is 9.99. The lowest BCUT2D eigenvalue weighted by atomic mass is 10.2. The van der Waals surface area contributed by atoms with Crippen molar-refractivity contribution < 1.29 is 14.6 Å². The summed E-state index contributed by atoms with van der Waals surface area (Å²) in [5.41, 5.74) is 1.11. The van der Waals surface area contributed by atoms with Crippen LogP contribution in [0.2, 0.25) is 0 Å². The normalized spacial score (nSPS) is 12.2. The van der Waals surface area contributed by atoms with Crippen molar-refractivity contribution in [3.05, 3.63) is 23.8 Å². The van der Waals surface area contributed by atoms with Crippen LogP contribution in [-0.2, 0) is 6.54 Å². The van der Waals surface area contributed by atoms with E-state index in [9.17, 15) is 5.11 Å². The Labute approximate surface area is 96.2 Å². The molecule has 0 fully saturated rings. The van der Waals surface area contributed by atoms with Gasteiger partial charge in [-0.3, -0.25) is 0 Å². The summed E-state index contributed by atoms with van der Waals surface area (Å²) in [4.78, 5) is 0. The van der Waals surface area contributed by atoms with Crippen LogP contribution in [0.5, 0.6) is 11.5 Å². The van der Waals surface area contributed by atoms with E-state index >= 15 is 0 Å². The van der Waals surface area contributed by atoms with Crippen molar-refractivity contribution >= 4 is 0 Å². The molecule has 0 spiro atoms. The number of aliphatic hydroxyl groups excluding tert-OH is 1. The molecule has 0 aliphatic heterocycles. The largest absolute Gasteiger partial charge is 0.493 e. The van der Waals surface area contributed by atoms with Gasteiger partial charge < -0.3 is 19.9 Å². The maximum atomic E-state index is 9.17.